The van der Waals surface area contributed by atoms with E-state index >= 15 is 0 Å². The van der Waals surface area contributed by atoms with Gasteiger partial charge in [-0.3, -0.25) is 4.90 Å². The molecule has 3 aromatic rings. The number of fused-ring (bicyclic) bond motifs is 1. The average Bonchev–Trinajstić information content (AvgIpc) is 3.04. The Morgan fingerprint density at radius 1 is 1.00 bits per heavy atom. The van der Waals surface area contributed by atoms with Gasteiger partial charge >= 0.3 is 0 Å². The number of aromatic hydroxyl groups is 1. The zero-order chi connectivity index (χ0) is 19.7. The molecule has 1 fully saturated rings. The lowest BCUT2D eigenvalue weighted by Crippen LogP contribution is -2.49. The molecule has 6 heteroatoms. The molecule has 6 nitrogen and oxygen atoms in total. The molecular weight excluding hydrogens is 352 g/mol. The van der Waals surface area contributed by atoms with Crippen LogP contribution in [0, 0.1) is 13.8 Å². The van der Waals surface area contributed by atoms with Crippen molar-refractivity contribution < 1.29 is 10.2 Å². The van der Waals surface area contributed by atoms with Crippen LogP contribution in [0.5, 0.6) is 5.75 Å². The highest BCUT2D eigenvalue weighted by Gasteiger charge is 2.20. The number of rotatable bonds is 5. The lowest BCUT2D eigenvalue weighted by Gasteiger charge is -2.37. The highest BCUT2D eigenvalue weighted by molar-refractivity contribution is 5.77. The number of benzene rings is 2. The second kappa shape index (κ2) is 7.81. The Bertz CT molecular complexity index is 960. The summed E-state index contributed by atoms with van der Waals surface area (Å²) in [6, 6.07) is 11.7. The van der Waals surface area contributed by atoms with Gasteiger partial charge in [0.1, 0.15) is 5.75 Å². The first-order valence-electron chi connectivity index (χ1n) is 9.86. The number of nitrogens with zero attached hydrogens (tertiary/aromatic N) is 4. The standard InChI is InChI=1S/C22H28N4O2/c1-16-10-21-22(11-17(16)2)26(15-23-21)14-20(28)13-24-6-8-25(9-7-24)18-4-3-5-19(27)12-18/h3-5,10-12,15,20,27-28H,6-9,13-14H2,1-2H3/t20-/m0/s1. The zero-order valence-corrected chi connectivity index (χ0v) is 16.5. The fourth-order valence-corrected chi connectivity index (χ4v) is 3.92. The number of aromatic nitrogens is 2. The minimum atomic E-state index is -0.439. The smallest absolute Gasteiger partial charge is 0.117 e. The van der Waals surface area contributed by atoms with E-state index in [1.54, 1.807) is 12.1 Å². The summed E-state index contributed by atoms with van der Waals surface area (Å²) < 4.78 is 2.05. The van der Waals surface area contributed by atoms with Crippen LogP contribution in [-0.4, -0.2) is 63.5 Å². The van der Waals surface area contributed by atoms with Crippen molar-refractivity contribution >= 4 is 16.7 Å². The molecule has 1 aromatic heterocycles. The van der Waals surface area contributed by atoms with Gasteiger partial charge in [0.2, 0.25) is 0 Å². The van der Waals surface area contributed by atoms with Crippen LogP contribution in [0.2, 0.25) is 0 Å². The normalized spacial score (nSPS) is 16.6. The van der Waals surface area contributed by atoms with Crippen LogP contribution in [0.4, 0.5) is 5.69 Å². The molecule has 0 unspecified atom stereocenters. The molecule has 2 N–H and O–H groups in total. The van der Waals surface area contributed by atoms with E-state index in [-0.39, 0.29) is 0 Å². The number of aliphatic hydroxyl groups excluding tert-OH is 1. The molecule has 0 bridgehead atoms. The van der Waals surface area contributed by atoms with Crippen LogP contribution in [0.3, 0.4) is 0 Å². The van der Waals surface area contributed by atoms with Crippen molar-refractivity contribution in [2.24, 2.45) is 0 Å². The zero-order valence-electron chi connectivity index (χ0n) is 16.5. The third-order valence-electron chi connectivity index (χ3n) is 5.68. The highest BCUT2D eigenvalue weighted by atomic mass is 16.3. The summed E-state index contributed by atoms with van der Waals surface area (Å²) in [5.74, 6) is 0.299. The second-order valence-electron chi connectivity index (χ2n) is 7.78. The molecule has 0 saturated carbocycles. The molecule has 1 aliphatic heterocycles. The third-order valence-corrected chi connectivity index (χ3v) is 5.68. The first kappa shape index (κ1) is 18.8. The van der Waals surface area contributed by atoms with Gasteiger partial charge in [0.05, 0.1) is 30.0 Å². The molecule has 2 heterocycles. The number of β-amino-alcohol motifs (C(OH)–C–C–N with tert-alkyl or cyclic N) is 1. The van der Waals surface area contributed by atoms with E-state index in [4.69, 9.17) is 0 Å². The number of piperazine rings is 1. The van der Waals surface area contributed by atoms with Crippen LogP contribution < -0.4 is 4.90 Å². The number of aryl methyl sites for hydroxylation is 2. The van der Waals surface area contributed by atoms with Gasteiger partial charge in [-0.05, 0) is 49.2 Å². The van der Waals surface area contributed by atoms with E-state index in [0.29, 0.717) is 18.8 Å². The number of aliphatic hydroxyl groups is 1. The predicted molar refractivity (Wildman–Crippen MR) is 112 cm³/mol. The van der Waals surface area contributed by atoms with Crippen molar-refractivity contribution in [1.29, 1.82) is 0 Å². The van der Waals surface area contributed by atoms with Crippen molar-refractivity contribution in [3.05, 3.63) is 53.9 Å². The largest absolute Gasteiger partial charge is 0.508 e. The van der Waals surface area contributed by atoms with Crippen molar-refractivity contribution in [1.82, 2.24) is 14.5 Å². The predicted octanol–water partition coefficient (Wildman–Crippen LogP) is 2.54. The molecule has 0 aliphatic carbocycles. The Kier molecular flexibility index (Phi) is 5.24. The van der Waals surface area contributed by atoms with Gasteiger partial charge < -0.3 is 19.7 Å². The van der Waals surface area contributed by atoms with E-state index in [9.17, 15) is 10.2 Å². The number of anilines is 1. The molecule has 1 saturated heterocycles. The van der Waals surface area contributed by atoms with Gasteiger partial charge in [-0.1, -0.05) is 6.07 Å². The van der Waals surface area contributed by atoms with Gasteiger partial charge in [0, 0.05) is 44.5 Å². The van der Waals surface area contributed by atoms with Crippen molar-refractivity contribution in [2.75, 3.05) is 37.6 Å². The maximum atomic E-state index is 10.6. The van der Waals surface area contributed by atoms with E-state index in [1.165, 1.54) is 11.1 Å². The Morgan fingerprint density at radius 3 is 2.50 bits per heavy atom. The molecule has 0 radical (unpaired) electrons. The minimum absolute atomic E-state index is 0.299. The van der Waals surface area contributed by atoms with Crippen molar-refractivity contribution in [2.45, 2.75) is 26.5 Å². The molecule has 0 spiro atoms. The highest BCUT2D eigenvalue weighted by Crippen LogP contribution is 2.22. The van der Waals surface area contributed by atoms with E-state index in [1.807, 2.05) is 18.5 Å². The van der Waals surface area contributed by atoms with Gasteiger partial charge in [-0.25, -0.2) is 4.98 Å². The molecule has 2 aromatic carbocycles. The number of phenols is 1. The topological polar surface area (TPSA) is 64.8 Å². The van der Waals surface area contributed by atoms with Gasteiger partial charge in [-0.2, -0.15) is 0 Å². The van der Waals surface area contributed by atoms with E-state index in [0.717, 1.165) is 42.9 Å². The molecule has 148 valence electrons. The molecule has 4 rings (SSSR count). The second-order valence-corrected chi connectivity index (χ2v) is 7.78. The van der Waals surface area contributed by atoms with Crippen molar-refractivity contribution in [3.8, 4) is 5.75 Å². The monoisotopic (exact) mass is 380 g/mol. The molecule has 28 heavy (non-hydrogen) atoms. The maximum Gasteiger partial charge on any atom is 0.117 e. The summed E-state index contributed by atoms with van der Waals surface area (Å²) in [4.78, 5) is 9.06. The Hall–Kier alpha value is -2.57. The van der Waals surface area contributed by atoms with Crippen molar-refractivity contribution in [3.63, 3.8) is 0 Å². The Morgan fingerprint density at radius 2 is 1.75 bits per heavy atom. The van der Waals surface area contributed by atoms with Crippen LogP contribution in [-0.2, 0) is 6.54 Å². The quantitative estimate of drug-likeness (QED) is 0.712. The lowest BCUT2D eigenvalue weighted by atomic mass is 10.1. The van der Waals surface area contributed by atoms with Gasteiger partial charge in [0.25, 0.3) is 0 Å². The van der Waals surface area contributed by atoms with Crippen LogP contribution in [0.25, 0.3) is 11.0 Å². The number of phenolic OH excluding ortho intramolecular Hbond substituents is 1. The molecule has 1 aliphatic rings. The van der Waals surface area contributed by atoms with E-state index in [2.05, 4.69) is 45.3 Å². The number of hydrogen-bond acceptors (Lipinski definition) is 5. The average molecular weight is 380 g/mol. The fourth-order valence-electron chi connectivity index (χ4n) is 3.92. The first-order valence-corrected chi connectivity index (χ1v) is 9.86. The molecule has 1 atom stereocenters. The van der Waals surface area contributed by atoms with E-state index < -0.39 is 6.10 Å². The van der Waals surface area contributed by atoms with Gasteiger partial charge in [-0.15, -0.1) is 0 Å². The van der Waals surface area contributed by atoms with Gasteiger partial charge in [0.15, 0.2) is 0 Å². The molecular formula is C22H28N4O2. The summed E-state index contributed by atoms with van der Waals surface area (Å²) in [7, 11) is 0. The summed E-state index contributed by atoms with van der Waals surface area (Å²) in [6.07, 6.45) is 1.39. The number of imidazole rings is 1. The molecule has 0 amide bonds. The summed E-state index contributed by atoms with van der Waals surface area (Å²) >= 11 is 0. The Labute approximate surface area is 165 Å². The fraction of sp³-hybridized carbons (Fsp3) is 0.409. The Balaban J connectivity index is 1.34. The maximum absolute atomic E-state index is 10.6. The van der Waals surface area contributed by atoms with Crippen LogP contribution in [0.1, 0.15) is 11.1 Å². The summed E-state index contributed by atoms with van der Waals surface area (Å²) in [5, 5.41) is 20.3. The SMILES string of the molecule is Cc1cc2ncn(C[C@@H](O)CN3CCN(c4cccc(O)c4)CC3)c2cc1C. The van der Waals surface area contributed by atoms with Crippen LogP contribution in [0.15, 0.2) is 42.7 Å². The lowest BCUT2D eigenvalue weighted by molar-refractivity contribution is 0.0959. The first-order chi connectivity index (χ1) is 13.5. The minimum Gasteiger partial charge on any atom is -0.508 e. The number of hydrogen-bond donors (Lipinski definition) is 2. The summed E-state index contributed by atoms with van der Waals surface area (Å²) in [5.41, 5.74) is 5.59. The van der Waals surface area contributed by atoms with Crippen LogP contribution >= 0.6 is 0 Å². The third kappa shape index (κ3) is 3.98. The summed E-state index contributed by atoms with van der Waals surface area (Å²) in [6.45, 7) is 8.98.